The number of nitrogens with zero attached hydrogens (tertiary/aromatic N) is 3. The summed E-state index contributed by atoms with van der Waals surface area (Å²) in [5.41, 5.74) is 1.97. The molecular formula is C21H18ClN5O3. The van der Waals surface area contributed by atoms with Crippen LogP contribution in [0.1, 0.15) is 35.8 Å². The quantitative estimate of drug-likeness (QED) is 0.533. The summed E-state index contributed by atoms with van der Waals surface area (Å²) in [6.07, 6.45) is 2.06. The highest BCUT2D eigenvalue weighted by atomic mass is 35.5. The molecule has 2 heterocycles. The predicted octanol–water partition coefficient (Wildman–Crippen LogP) is 3.86. The topological polar surface area (TPSA) is 120 Å². The standard InChI is InChI=1S/C21H18ClN5O3/c1-21(5-6-21)26-15-9-18(28)27(2)17-4-3-11(7-12(15)17)24-14-8-16(20(29)30)25-19(22)13(14)10-23/h3-4,7-9,26H,5-6H2,1-2H3,(H,24,25)(H,29,30). The third kappa shape index (κ3) is 3.55. The molecule has 0 unspecified atom stereocenters. The van der Waals surface area contributed by atoms with Crippen LogP contribution >= 0.6 is 11.6 Å². The van der Waals surface area contributed by atoms with Crippen molar-refractivity contribution < 1.29 is 9.90 Å². The van der Waals surface area contributed by atoms with Gasteiger partial charge in [0.1, 0.15) is 16.8 Å². The average Bonchev–Trinajstić information content (AvgIpc) is 3.42. The highest BCUT2D eigenvalue weighted by Crippen LogP contribution is 2.40. The molecule has 1 aliphatic carbocycles. The molecule has 1 saturated carbocycles. The highest BCUT2D eigenvalue weighted by Gasteiger charge is 2.37. The summed E-state index contributed by atoms with van der Waals surface area (Å²) in [5.74, 6) is -1.25. The van der Waals surface area contributed by atoms with Gasteiger partial charge in [0, 0.05) is 35.4 Å². The molecular weight excluding hydrogens is 406 g/mol. The number of aromatic carboxylic acids is 1. The molecule has 0 radical (unpaired) electrons. The van der Waals surface area contributed by atoms with E-state index < -0.39 is 5.97 Å². The number of carbonyl (C=O) groups is 1. The van der Waals surface area contributed by atoms with Crippen molar-refractivity contribution in [3.63, 3.8) is 0 Å². The summed E-state index contributed by atoms with van der Waals surface area (Å²) in [5, 5.41) is 25.8. The maximum atomic E-state index is 12.4. The normalized spacial score (nSPS) is 14.2. The summed E-state index contributed by atoms with van der Waals surface area (Å²) in [6.45, 7) is 2.10. The summed E-state index contributed by atoms with van der Waals surface area (Å²) in [6, 6.07) is 10.2. The number of aromatic nitrogens is 2. The van der Waals surface area contributed by atoms with Crippen molar-refractivity contribution in [2.24, 2.45) is 7.05 Å². The first-order valence-corrected chi connectivity index (χ1v) is 9.61. The lowest BCUT2D eigenvalue weighted by molar-refractivity contribution is 0.0690. The number of halogens is 1. The predicted molar refractivity (Wildman–Crippen MR) is 115 cm³/mol. The number of rotatable bonds is 5. The molecule has 2 aromatic heterocycles. The monoisotopic (exact) mass is 423 g/mol. The largest absolute Gasteiger partial charge is 0.477 e. The molecule has 0 aliphatic heterocycles. The smallest absolute Gasteiger partial charge is 0.354 e. The molecule has 8 nitrogen and oxygen atoms in total. The fourth-order valence-electron chi connectivity index (χ4n) is 3.26. The summed E-state index contributed by atoms with van der Waals surface area (Å²) < 4.78 is 1.56. The Morgan fingerprint density at radius 2 is 2.03 bits per heavy atom. The SMILES string of the molecule is Cn1c(=O)cc(NC2(C)CC2)c2cc(Nc3cc(C(=O)O)nc(Cl)c3C#N)ccc21. The summed E-state index contributed by atoms with van der Waals surface area (Å²) >= 11 is 6.00. The molecule has 0 bridgehead atoms. The van der Waals surface area contributed by atoms with E-state index in [4.69, 9.17) is 11.6 Å². The van der Waals surface area contributed by atoms with Crippen molar-refractivity contribution in [1.29, 1.82) is 5.26 Å². The molecule has 1 aliphatic rings. The van der Waals surface area contributed by atoms with E-state index in [9.17, 15) is 20.0 Å². The van der Waals surface area contributed by atoms with E-state index in [1.165, 1.54) is 6.07 Å². The number of hydrogen-bond donors (Lipinski definition) is 3. The van der Waals surface area contributed by atoms with Gasteiger partial charge in [0.05, 0.1) is 11.2 Å². The zero-order valence-corrected chi connectivity index (χ0v) is 17.0. The maximum absolute atomic E-state index is 12.4. The lowest BCUT2D eigenvalue weighted by Crippen LogP contribution is -2.21. The van der Waals surface area contributed by atoms with E-state index in [1.807, 2.05) is 12.1 Å². The molecule has 152 valence electrons. The number of anilines is 3. The maximum Gasteiger partial charge on any atom is 0.354 e. The van der Waals surface area contributed by atoms with Crippen molar-refractivity contribution in [3.05, 3.63) is 57.1 Å². The number of nitrogens with one attached hydrogen (secondary N) is 2. The molecule has 3 N–H and O–H groups in total. The Hall–Kier alpha value is -3.57. The average molecular weight is 424 g/mol. The first-order chi connectivity index (χ1) is 14.2. The Morgan fingerprint density at radius 1 is 1.30 bits per heavy atom. The number of hydrogen-bond acceptors (Lipinski definition) is 6. The number of pyridine rings is 2. The molecule has 30 heavy (non-hydrogen) atoms. The Morgan fingerprint density at radius 3 is 2.67 bits per heavy atom. The second kappa shape index (κ2) is 7.04. The van der Waals surface area contributed by atoms with Crippen LogP contribution in [0.5, 0.6) is 0 Å². The van der Waals surface area contributed by atoms with Gasteiger partial charge in [-0.05, 0) is 44.0 Å². The van der Waals surface area contributed by atoms with Gasteiger partial charge in [0.25, 0.3) is 5.56 Å². The van der Waals surface area contributed by atoms with Gasteiger partial charge in [-0.3, -0.25) is 4.79 Å². The third-order valence-corrected chi connectivity index (χ3v) is 5.54. The lowest BCUT2D eigenvalue weighted by Gasteiger charge is -2.18. The molecule has 9 heteroatoms. The van der Waals surface area contributed by atoms with Crippen LogP contribution in [0.3, 0.4) is 0 Å². The third-order valence-electron chi connectivity index (χ3n) is 5.27. The summed E-state index contributed by atoms with van der Waals surface area (Å²) in [7, 11) is 1.70. The zero-order valence-electron chi connectivity index (χ0n) is 16.3. The van der Waals surface area contributed by atoms with E-state index in [-0.39, 0.29) is 33.2 Å². The van der Waals surface area contributed by atoms with Gasteiger partial charge >= 0.3 is 5.97 Å². The Kier molecular flexibility index (Phi) is 4.63. The number of aryl methyl sites for hydroxylation is 1. The minimum atomic E-state index is -1.25. The molecule has 3 aromatic rings. The number of carboxylic acid groups (broad SMARTS) is 1. The van der Waals surface area contributed by atoms with Gasteiger partial charge in [-0.1, -0.05) is 11.6 Å². The van der Waals surface area contributed by atoms with Gasteiger partial charge in [-0.2, -0.15) is 5.26 Å². The second-order valence-corrected chi connectivity index (χ2v) is 7.99. The minimum absolute atomic E-state index is 0.0221. The van der Waals surface area contributed by atoms with Crippen LogP contribution < -0.4 is 16.2 Å². The van der Waals surface area contributed by atoms with Crippen molar-refractivity contribution in [2.75, 3.05) is 10.6 Å². The Bertz CT molecular complexity index is 1300. The van der Waals surface area contributed by atoms with Crippen LogP contribution in [-0.2, 0) is 7.05 Å². The van der Waals surface area contributed by atoms with Gasteiger partial charge in [0.2, 0.25) is 0 Å². The second-order valence-electron chi connectivity index (χ2n) is 7.64. The van der Waals surface area contributed by atoms with Crippen LogP contribution in [0.15, 0.2) is 35.1 Å². The molecule has 0 spiro atoms. The van der Waals surface area contributed by atoms with Gasteiger partial charge in [-0.25, -0.2) is 9.78 Å². The van der Waals surface area contributed by atoms with Gasteiger partial charge in [0.15, 0.2) is 5.69 Å². The molecule has 1 aromatic carbocycles. The van der Waals surface area contributed by atoms with Crippen LogP contribution in [0.2, 0.25) is 5.15 Å². The van der Waals surface area contributed by atoms with E-state index in [2.05, 4.69) is 22.5 Å². The first-order valence-electron chi connectivity index (χ1n) is 9.24. The van der Waals surface area contributed by atoms with E-state index >= 15 is 0 Å². The number of fused-ring (bicyclic) bond motifs is 1. The van der Waals surface area contributed by atoms with Gasteiger partial charge < -0.3 is 20.3 Å². The Balaban J connectivity index is 1.82. The number of carboxylic acids is 1. The molecule has 4 rings (SSSR count). The van der Waals surface area contributed by atoms with E-state index in [0.29, 0.717) is 5.69 Å². The fourth-order valence-corrected chi connectivity index (χ4v) is 3.50. The molecule has 0 atom stereocenters. The van der Waals surface area contributed by atoms with Crippen molar-refractivity contribution >= 4 is 45.5 Å². The minimum Gasteiger partial charge on any atom is -0.477 e. The molecule has 0 amide bonds. The number of nitriles is 1. The summed E-state index contributed by atoms with van der Waals surface area (Å²) in [4.78, 5) is 27.4. The van der Waals surface area contributed by atoms with Crippen LogP contribution in [0.25, 0.3) is 10.9 Å². The van der Waals surface area contributed by atoms with Crippen molar-refractivity contribution in [3.8, 4) is 6.07 Å². The Labute approximate surface area is 176 Å². The fraction of sp³-hybridized carbons (Fsp3) is 0.238. The van der Waals surface area contributed by atoms with Crippen LogP contribution in [-0.4, -0.2) is 26.2 Å². The van der Waals surface area contributed by atoms with Crippen molar-refractivity contribution in [2.45, 2.75) is 25.3 Å². The molecule has 1 fully saturated rings. The van der Waals surface area contributed by atoms with Crippen LogP contribution in [0.4, 0.5) is 17.1 Å². The highest BCUT2D eigenvalue weighted by molar-refractivity contribution is 6.31. The molecule has 0 saturated heterocycles. The lowest BCUT2D eigenvalue weighted by atomic mass is 10.1. The van der Waals surface area contributed by atoms with Crippen LogP contribution in [0, 0.1) is 11.3 Å². The van der Waals surface area contributed by atoms with E-state index in [1.54, 1.807) is 29.8 Å². The van der Waals surface area contributed by atoms with E-state index in [0.717, 1.165) is 29.4 Å². The first kappa shape index (κ1) is 19.7. The van der Waals surface area contributed by atoms with Crippen molar-refractivity contribution in [1.82, 2.24) is 9.55 Å². The number of benzene rings is 1. The zero-order chi connectivity index (χ0) is 21.6. The van der Waals surface area contributed by atoms with Gasteiger partial charge in [-0.15, -0.1) is 0 Å².